The maximum absolute atomic E-state index is 11.9. The quantitative estimate of drug-likeness (QED) is 0.635. The van der Waals surface area contributed by atoms with Gasteiger partial charge in [0.15, 0.2) is 6.61 Å². The molecule has 116 valence electrons. The minimum Gasteiger partial charge on any atom is -0.452 e. The summed E-state index contributed by atoms with van der Waals surface area (Å²) in [4.78, 5) is 24.5. The van der Waals surface area contributed by atoms with Crippen molar-refractivity contribution >= 4 is 52.1 Å². The van der Waals surface area contributed by atoms with Gasteiger partial charge in [-0.2, -0.15) is 0 Å². The average Bonchev–Trinajstić information content (AvgIpc) is 2.99. The summed E-state index contributed by atoms with van der Waals surface area (Å²) < 4.78 is 4.91. The van der Waals surface area contributed by atoms with Gasteiger partial charge in [0, 0.05) is 9.90 Å². The second-order valence-corrected chi connectivity index (χ2v) is 6.16. The lowest BCUT2D eigenvalue weighted by Gasteiger charge is -2.09. The lowest BCUT2D eigenvalue weighted by molar-refractivity contribution is -0.124. The maximum atomic E-state index is 11.9. The van der Waals surface area contributed by atoms with Crippen molar-refractivity contribution in [1.29, 1.82) is 0 Å². The van der Waals surface area contributed by atoms with Gasteiger partial charge in [0.2, 0.25) is 0 Å². The molecule has 0 bridgehead atoms. The highest BCUT2D eigenvalue weighted by atomic mass is 35.5. The van der Waals surface area contributed by atoms with Crippen molar-refractivity contribution in [2.45, 2.75) is 6.54 Å². The van der Waals surface area contributed by atoms with Gasteiger partial charge >= 0.3 is 5.97 Å². The fraction of sp³-hybridized carbons (Fsp3) is 0.143. The number of ether oxygens (including phenoxy) is 1. The van der Waals surface area contributed by atoms with E-state index in [-0.39, 0.29) is 21.3 Å². The lowest BCUT2D eigenvalue weighted by Crippen LogP contribution is -2.28. The van der Waals surface area contributed by atoms with E-state index in [1.165, 1.54) is 23.5 Å². The largest absolute Gasteiger partial charge is 0.452 e. The fourth-order valence-corrected chi connectivity index (χ4v) is 2.75. The number of hydrogen-bond acceptors (Lipinski definition) is 5. The number of rotatable bonds is 5. The van der Waals surface area contributed by atoms with E-state index in [9.17, 15) is 9.59 Å². The summed E-state index contributed by atoms with van der Waals surface area (Å²) in [6, 6.07) is 6.54. The summed E-state index contributed by atoms with van der Waals surface area (Å²) in [5.74, 6) is -1.17. The zero-order valence-corrected chi connectivity index (χ0v) is 13.6. The van der Waals surface area contributed by atoms with Gasteiger partial charge in [0.1, 0.15) is 0 Å². The normalized spacial score (nSPS) is 10.3. The van der Waals surface area contributed by atoms with Crippen LogP contribution in [0.15, 0.2) is 29.6 Å². The van der Waals surface area contributed by atoms with E-state index < -0.39 is 18.5 Å². The molecule has 0 saturated heterocycles. The van der Waals surface area contributed by atoms with E-state index in [0.717, 1.165) is 4.88 Å². The third-order valence-corrected chi connectivity index (χ3v) is 4.10. The Balaban J connectivity index is 1.88. The average molecular weight is 359 g/mol. The summed E-state index contributed by atoms with van der Waals surface area (Å²) in [5, 5.41) is 4.96. The van der Waals surface area contributed by atoms with Gasteiger partial charge in [0.25, 0.3) is 5.91 Å². The number of esters is 1. The van der Waals surface area contributed by atoms with Crippen LogP contribution in [0.25, 0.3) is 0 Å². The molecule has 1 amide bonds. The molecule has 0 fully saturated rings. The van der Waals surface area contributed by atoms with Crippen LogP contribution in [0.4, 0.5) is 5.69 Å². The lowest BCUT2D eigenvalue weighted by atomic mass is 10.2. The molecular weight excluding hydrogens is 347 g/mol. The van der Waals surface area contributed by atoms with E-state index in [1.807, 2.05) is 17.5 Å². The first-order valence-electron chi connectivity index (χ1n) is 6.18. The number of carbonyl (C=O) groups is 2. The number of nitrogen functional groups attached to an aromatic ring is 1. The Morgan fingerprint density at radius 3 is 2.77 bits per heavy atom. The molecular formula is C14H12Cl2N2O3S. The molecule has 0 radical (unpaired) electrons. The molecule has 0 unspecified atom stereocenters. The molecule has 5 nitrogen and oxygen atoms in total. The Morgan fingerprint density at radius 1 is 1.32 bits per heavy atom. The van der Waals surface area contributed by atoms with Gasteiger partial charge in [-0.25, -0.2) is 4.79 Å². The highest BCUT2D eigenvalue weighted by Crippen LogP contribution is 2.27. The molecule has 1 aromatic carbocycles. The first kappa shape index (κ1) is 16.6. The van der Waals surface area contributed by atoms with Crippen LogP contribution in [0.2, 0.25) is 10.0 Å². The Hall–Kier alpha value is -1.76. The van der Waals surface area contributed by atoms with Crippen molar-refractivity contribution in [2.75, 3.05) is 12.3 Å². The molecule has 22 heavy (non-hydrogen) atoms. The molecule has 1 heterocycles. The number of nitrogens with one attached hydrogen (secondary N) is 1. The summed E-state index contributed by atoms with van der Waals surface area (Å²) in [5.41, 5.74) is 5.79. The van der Waals surface area contributed by atoms with Gasteiger partial charge in [-0.3, -0.25) is 4.79 Å². The summed E-state index contributed by atoms with van der Waals surface area (Å²) in [7, 11) is 0. The van der Waals surface area contributed by atoms with Crippen molar-refractivity contribution in [3.63, 3.8) is 0 Å². The second-order valence-electron chi connectivity index (χ2n) is 4.28. The number of thiophene rings is 1. The first-order chi connectivity index (χ1) is 10.5. The Labute approximate surface area is 141 Å². The summed E-state index contributed by atoms with van der Waals surface area (Å²) in [6.07, 6.45) is 0. The summed E-state index contributed by atoms with van der Waals surface area (Å²) in [6.45, 7) is -0.0209. The van der Waals surface area contributed by atoms with Crippen molar-refractivity contribution in [3.05, 3.63) is 50.1 Å². The predicted molar refractivity (Wildman–Crippen MR) is 87.3 cm³/mol. The number of hydrogen-bond donors (Lipinski definition) is 2. The molecule has 0 aliphatic heterocycles. The zero-order chi connectivity index (χ0) is 16.1. The van der Waals surface area contributed by atoms with Gasteiger partial charge in [0.05, 0.1) is 22.8 Å². The minimum atomic E-state index is -0.756. The highest BCUT2D eigenvalue weighted by molar-refractivity contribution is 7.09. The van der Waals surface area contributed by atoms with Crippen LogP contribution in [-0.2, 0) is 16.1 Å². The molecule has 0 spiro atoms. The van der Waals surface area contributed by atoms with Crippen LogP contribution in [0, 0.1) is 0 Å². The van der Waals surface area contributed by atoms with Crippen LogP contribution in [0.3, 0.4) is 0 Å². The Morgan fingerprint density at radius 2 is 2.09 bits per heavy atom. The molecule has 2 aromatic rings. The van der Waals surface area contributed by atoms with Crippen LogP contribution in [0.5, 0.6) is 0 Å². The molecule has 8 heteroatoms. The third-order valence-electron chi connectivity index (χ3n) is 2.69. The zero-order valence-electron chi connectivity index (χ0n) is 11.3. The molecule has 0 saturated carbocycles. The second kappa shape index (κ2) is 7.49. The highest BCUT2D eigenvalue weighted by Gasteiger charge is 2.16. The van der Waals surface area contributed by atoms with Crippen LogP contribution in [-0.4, -0.2) is 18.5 Å². The molecule has 0 atom stereocenters. The molecule has 3 N–H and O–H groups in total. The van der Waals surface area contributed by atoms with Crippen LogP contribution >= 0.6 is 34.5 Å². The smallest absolute Gasteiger partial charge is 0.340 e. The standard InChI is InChI=1S/C14H12Cl2N2O3S/c15-8-4-10(13(17)11(16)5-8)14(20)21-7-12(19)18-6-9-2-1-3-22-9/h1-5H,6-7,17H2,(H,18,19). The number of carbonyl (C=O) groups excluding carboxylic acids is 2. The molecule has 0 aliphatic carbocycles. The van der Waals surface area contributed by atoms with Crippen molar-refractivity contribution < 1.29 is 14.3 Å². The third kappa shape index (κ3) is 4.37. The van der Waals surface area contributed by atoms with Crippen molar-refractivity contribution in [3.8, 4) is 0 Å². The number of halogens is 2. The van der Waals surface area contributed by atoms with Crippen LogP contribution < -0.4 is 11.1 Å². The molecule has 2 rings (SSSR count). The van der Waals surface area contributed by atoms with E-state index in [0.29, 0.717) is 6.54 Å². The van der Waals surface area contributed by atoms with Crippen molar-refractivity contribution in [1.82, 2.24) is 5.32 Å². The Kier molecular flexibility index (Phi) is 5.65. The monoisotopic (exact) mass is 358 g/mol. The van der Waals surface area contributed by atoms with Gasteiger partial charge < -0.3 is 15.8 Å². The van der Waals surface area contributed by atoms with E-state index in [1.54, 1.807) is 0 Å². The van der Waals surface area contributed by atoms with E-state index >= 15 is 0 Å². The number of anilines is 1. The molecule has 0 aliphatic rings. The Bertz CT molecular complexity index is 690. The van der Waals surface area contributed by atoms with E-state index in [4.69, 9.17) is 33.7 Å². The molecule has 1 aromatic heterocycles. The van der Waals surface area contributed by atoms with Crippen molar-refractivity contribution in [2.24, 2.45) is 0 Å². The first-order valence-corrected chi connectivity index (χ1v) is 7.81. The number of amides is 1. The van der Waals surface area contributed by atoms with Gasteiger partial charge in [-0.1, -0.05) is 29.3 Å². The predicted octanol–water partition coefficient (Wildman–Crippen LogP) is 3.11. The fourth-order valence-electron chi connectivity index (χ4n) is 1.61. The van der Waals surface area contributed by atoms with E-state index in [2.05, 4.69) is 5.32 Å². The summed E-state index contributed by atoms with van der Waals surface area (Å²) >= 11 is 13.2. The SMILES string of the molecule is Nc1c(Cl)cc(Cl)cc1C(=O)OCC(=O)NCc1cccs1. The number of benzene rings is 1. The van der Waals surface area contributed by atoms with Gasteiger partial charge in [-0.15, -0.1) is 11.3 Å². The van der Waals surface area contributed by atoms with Gasteiger partial charge in [-0.05, 0) is 23.6 Å². The number of nitrogens with two attached hydrogens (primary N) is 1. The minimum absolute atomic E-state index is 0.0311. The van der Waals surface area contributed by atoms with Crippen LogP contribution in [0.1, 0.15) is 15.2 Å². The topological polar surface area (TPSA) is 81.4 Å². The maximum Gasteiger partial charge on any atom is 0.340 e.